The Morgan fingerprint density at radius 3 is 2.73 bits per heavy atom. The zero-order chi connectivity index (χ0) is 14.2. The van der Waals surface area contributed by atoms with E-state index in [2.05, 4.69) is 10.3 Å². The summed E-state index contributed by atoms with van der Waals surface area (Å²) in [5.74, 6) is -0.0521. The quantitative estimate of drug-likeness (QED) is 0.897. The van der Waals surface area contributed by atoms with E-state index in [1.165, 1.54) is 0 Å². The molecule has 122 valence electrons. The maximum absolute atomic E-state index is 12.2. The van der Waals surface area contributed by atoms with Crippen LogP contribution >= 0.6 is 24.8 Å². The van der Waals surface area contributed by atoms with Gasteiger partial charge in [0.05, 0.1) is 17.8 Å². The van der Waals surface area contributed by atoms with Crippen LogP contribution in [-0.2, 0) is 11.3 Å². The van der Waals surface area contributed by atoms with E-state index in [0.29, 0.717) is 6.54 Å². The van der Waals surface area contributed by atoms with Crippen LogP contribution in [-0.4, -0.2) is 20.8 Å². The molecule has 2 aromatic heterocycles. The number of hydrogen-bond acceptors (Lipinski definition) is 3. The standard InChI is InChI=1S/C15H20N4O.2ClH/c1-11-5-4-8-19-10-12(18-13(11)19)9-17-14(20)15(16)6-2-3-7-15;;/h4-5,8,10H,2-3,6-7,9,16H2,1H3,(H,17,20);2*1H. The summed E-state index contributed by atoms with van der Waals surface area (Å²) >= 11 is 0. The van der Waals surface area contributed by atoms with Crippen LogP contribution in [0.25, 0.3) is 5.65 Å². The molecule has 1 saturated carbocycles. The maximum atomic E-state index is 12.2. The van der Waals surface area contributed by atoms with Crippen molar-refractivity contribution in [3.63, 3.8) is 0 Å². The first-order valence-electron chi connectivity index (χ1n) is 7.09. The summed E-state index contributed by atoms with van der Waals surface area (Å²) in [5.41, 5.74) is 8.36. The Morgan fingerprint density at radius 2 is 2.09 bits per heavy atom. The lowest BCUT2D eigenvalue weighted by atomic mass is 9.98. The van der Waals surface area contributed by atoms with Gasteiger partial charge in [-0.05, 0) is 31.4 Å². The maximum Gasteiger partial charge on any atom is 0.240 e. The molecule has 1 amide bonds. The van der Waals surface area contributed by atoms with Crippen LogP contribution in [0.5, 0.6) is 0 Å². The number of pyridine rings is 1. The van der Waals surface area contributed by atoms with Crippen LogP contribution < -0.4 is 11.1 Å². The Labute approximate surface area is 142 Å². The topological polar surface area (TPSA) is 72.4 Å². The average molecular weight is 345 g/mol. The molecule has 0 spiro atoms. The van der Waals surface area contributed by atoms with Crippen molar-refractivity contribution in [3.8, 4) is 0 Å². The van der Waals surface area contributed by atoms with Gasteiger partial charge in [0.1, 0.15) is 5.65 Å². The summed E-state index contributed by atoms with van der Waals surface area (Å²) in [6.07, 6.45) is 7.55. The summed E-state index contributed by atoms with van der Waals surface area (Å²) in [7, 11) is 0. The Bertz CT molecular complexity index is 650. The second-order valence-electron chi connectivity index (χ2n) is 5.70. The SMILES string of the molecule is Cc1cccn2cc(CNC(=O)C3(N)CCCC3)nc12.Cl.Cl. The van der Waals surface area contributed by atoms with E-state index in [0.717, 1.165) is 42.6 Å². The fourth-order valence-corrected chi connectivity index (χ4v) is 2.87. The van der Waals surface area contributed by atoms with E-state index in [1.54, 1.807) is 0 Å². The zero-order valence-electron chi connectivity index (χ0n) is 12.5. The van der Waals surface area contributed by atoms with Gasteiger partial charge >= 0.3 is 0 Å². The fourth-order valence-electron chi connectivity index (χ4n) is 2.87. The number of nitrogens with zero attached hydrogens (tertiary/aromatic N) is 2. The molecule has 5 nitrogen and oxygen atoms in total. The van der Waals surface area contributed by atoms with Crippen LogP contribution in [0.3, 0.4) is 0 Å². The lowest BCUT2D eigenvalue weighted by molar-refractivity contribution is -0.126. The molecule has 0 bridgehead atoms. The molecule has 0 saturated heterocycles. The van der Waals surface area contributed by atoms with Gasteiger partial charge in [-0.15, -0.1) is 24.8 Å². The number of imidazole rings is 1. The molecular formula is C15H22Cl2N4O. The van der Waals surface area contributed by atoms with E-state index in [9.17, 15) is 4.79 Å². The Balaban J connectivity index is 0.00000121. The Morgan fingerprint density at radius 1 is 1.41 bits per heavy atom. The predicted molar refractivity (Wildman–Crippen MR) is 91.7 cm³/mol. The minimum absolute atomic E-state index is 0. The van der Waals surface area contributed by atoms with Gasteiger partial charge in [0, 0.05) is 12.4 Å². The van der Waals surface area contributed by atoms with Gasteiger partial charge in [0.15, 0.2) is 0 Å². The summed E-state index contributed by atoms with van der Waals surface area (Å²) in [6.45, 7) is 2.46. The fraction of sp³-hybridized carbons (Fsp3) is 0.467. The number of rotatable bonds is 3. The molecule has 1 aliphatic carbocycles. The van der Waals surface area contributed by atoms with E-state index < -0.39 is 5.54 Å². The van der Waals surface area contributed by atoms with Gasteiger partial charge in [-0.25, -0.2) is 4.98 Å². The van der Waals surface area contributed by atoms with E-state index in [1.807, 2.05) is 35.9 Å². The molecule has 3 N–H and O–H groups in total. The van der Waals surface area contributed by atoms with Crippen LogP contribution in [0, 0.1) is 6.92 Å². The normalized spacial score (nSPS) is 15.9. The first kappa shape index (κ1) is 18.7. The second kappa shape index (κ2) is 7.31. The van der Waals surface area contributed by atoms with Gasteiger partial charge in [-0.2, -0.15) is 0 Å². The van der Waals surface area contributed by atoms with Crippen molar-refractivity contribution in [1.82, 2.24) is 14.7 Å². The molecule has 1 fully saturated rings. The molecule has 1 aliphatic rings. The van der Waals surface area contributed by atoms with Crippen molar-refractivity contribution in [1.29, 1.82) is 0 Å². The molecule has 0 aliphatic heterocycles. The van der Waals surface area contributed by atoms with Gasteiger partial charge in [0.2, 0.25) is 5.91 Å². The van der Waals surface area contributed by atoms with Crippen LogP contribution in [0.2, 0.25) is 0 Å². The van der Waals surface area contributed by atoms with E-state index >= 15 is 0 Å². The first-order valence-corrected chi connectivity index (χ1v) is 7.09. The third-order valence-corrected chi connectivity index (χ3v) is 4.11. The molecule has 22 heavy (non-hydrogen) atoms. The van der Waals surface area contributed by atoms with Gasteiger partial charge in [-0.3, -0.25) is 4.79 Å². The van der Waals surface area contributed by atoms with Crippen molar-refractivity contribution >= 4 is 36.4 Å². The molecule has 2 heterocycles. The highest BCUT2D eigenvalue weighted by atomic mass is 35.5. The molecule has 7 heteroatoms. The van der Waals surface area contributed by atoms with Crippen molar-refractivity contribution < 1.29 is 4.79 Å². The largest absolute Gasteiger partial charge is 0.349 e. The average Bonchev–Trinajstić information content (AvgIpc) is 3.04. The van der Waals surface area contributed by atoms with Gasteiger partial charge in [-0.1, -0.05) is 18.9 Å². The summed E-state index contributed by atoms with van der Waals surface area (Å²) in [4.78, 5) is 16.7. The minimum Gasteiger partial charge on any atom is -0.349 e. The van der Waals surface area contributed by atoms with Crippen LogP contribution in [0.15, 0.2) is 24.5 Å². The smallest absolute Gasteiger partial charge is 0.240 e. The Hall–Kier alpha value is -1.30. The number of amides is 1. The predicted octanol–water partition coefficient (Wildman–Crippen LogP) is 2.37. The minimum atomic E-state index is -0.672. The number of aromatic nitrogens is 2. The first-order chi connectivity index (χ1) is 9.58. The highest BCUT2D eigenvalue weighted by Crippen LogP contribution is 2.27. The highest BCUT2D eigenvalue weighted by molar-refractivity contribution is 5.86. The van der Waals surface area contributed by atoms with Crippen LogP contribution in [0.4, 0.5) is 0 Å². The lowest BCUT2D eigenvalue weighted by Crippen LogP contribution is -2.51. The monoisotopic (exact) mass is 344 g/mol. The number of aryl methyl sites for hydroxylation is 1. The summed E-state index contributed by atoms with van der Waals surface area (Å²) < 4.78 is 1.98. The molecular weight excluding hydrogens is 323 g/mol. The molecule has 0 unspecified atom stereocenters. The van der Waals surface area contributed by atoms with Gasteiger partial charge < -0.3 is 15.5 Å². The third-order valence-electron chi connectivity index (χ3n) is 4.11. The van der Waals surface area contributed by atoms with Gasteiger partial charge in [0.25, 0.3) is 0 Å². The molecule has 0 radical (unpaired) electrons. The number of carbonyl (C=O) groups excluding carboxylic acids is 1. The van der Waals surface area contributed by atoms with Crippen LogP contribution in [0.1, 0.15) is 36.9 Å². The molecule has 0 atom stereocenters. The number of halogens is 2. The van der Waals surface area contributed by atoms with E-state index in [-0.39, 0.29) is 30.7 Å². The van der Waals surface area contributed by atoms with Crippen molar-refractivity contribution in [2.75, 3.05) is 0 Å². The number of nitrogens with one attached hydrogen (secondary N) is 1. The van der Waals surface area contributed by atoms with E-state index in [4.69, 9.17) is 5.73 Å². The molecule has 3 rings (SSSR count). The summed E-state index contributed by atoms with van der Waals surface area (Å²) in [6, 6.07) is 4.01. The molecule has 0 aromatic carbocycles. The summed E-state index contributed by atoms with van der Waals surface area (Å²) in [5, 5.41) is 2.92. The molecule has 2 aromatic rings. The Kier molecular flexibility index (Phi) is 6.23. The number of nitrogens with two attached hydrogens (primary N) is 1. The number of carbonyl (C=O) groups is 1. The van der Waals surface area contributed by atoms with Crippen molar-refractivity contribution in [2.24, 2.45) is 5.73 Å². The third kappa shape index (κ3) is 3.54. The highest BCUT2D eigenvalue weighted by Gasteiger charge is 2.36. The number of fused-ring (bicyclic) bond motifs is 1. The zero-order valence-corrected chi connectivity index (χ0v) is 14.2. The number of hydrogen-bond donors (Lipinski definition) is 2. The van der Waals surface area contributed by atoms with Crippen molar-refractivity contribution in [3.05, 3.63) is 35.8 Å². The second-order valence-corrected chi connectivity index (χ2v) is 5.70. The lowest BCUT2D eigenvalue weighted by Gasteiger charge is -2.21. The van der Waals surface area contributed by atoms with Crippen molar-refractivity contribution in [2.45, 2.75) is 44.7 Å².